The molecule has 1 heterocycles. The van der Waals surface area contributed by atoms with Gasteiger partial charge in [0.2, 0.25) is 11.8 Å². The van der Waals surface area contributed by atoms with Gasteiger partial charge in [-0.15, -0.1) is 0 Å². The van der Waals surface area contributed by atoms with E-state index in [2.05, 4.69) is 15.6 Å². The summed E-state index contributed by atoms with van der Waals surface area (Å²) in [7, 11) is 0. The second kappa shape index (κ2) is 8.18. The number of carbonyl (C=O) groups is 3. The normalized spacial score (nSPS) is 10.5. The van der Waals surface area contributed by atoms with Crippen molar-refractivity contribution in [2.75, 3.05) is 6.54 Å². The van der Waals surface area contributed by atoms with Crippen molar-refractivity contribution in [3.05, 3.63) is 71.4 Å². The maximum Gasteiger partial charge on any atom is 0.251 e. The summed E-state index contributed by atoms with van der Waals surface area (Å²) in [5.74, 6) is -1.05. The van der Waals surface area contributed by atoms with E-state index >= 15 is 0 Å². The quantitative estimate of drug-likeness (QED) is 0.505. The minimum atomic E-state index is -0.599. The zero-order valence-electron chi connectivity index (χ0n) is 14.6. The number of rotatable bonds is 7. The first-order chi connectivity index (χ1) is 13.0. The molecule has 5 N–H and O–H groups in total. The number of para-hydroxylation sites is 1. The van der Waals surface area contributed by atoms with Gasteiger partial charge in [0.1, 0.15) is 0 Å². The maximum atomic E-state index is 12.2. The summed E-state index contributed by atoms with van der Waals surface area (Å²) in [6, 6.07) is 14.6. The van der Waals surface area contributed by atoms with Crippen LogP contribution >= 0.6 is 0 Å². The van der Waals surface area contributed by atoms with Gasteiger partial charge in [0.05, 0.1) is 13.0 Å². The van der Waals surface area contributed by atoms with E-state index in [1.807, 2.05) is 30.5 Å². The Balaban J connectivity index is 1.53. The Bertz CT molecular complexity index is 976. The molecule has 7 nitrogen and oxygen atoms in total. The summed E-state index contributed by atoms with van der Waals surface area (Å²) < 4.78 is 0. The molecule has 138 valence electrons. The molecular formula is C20H20N4O3. The number of nitrogens with one attached hydrogen (secondary N) is 3. The highest BCUT2D eigenvalue weighted by Crippen LogP contribution is 2.18. The summed E-state index contributed by atoms with van der Waals surface area (Å²) in [4.78, 5) is 37.9. The van der Waals surface area contributed by atoms with Gasteiger partial charge in [-0.05, 0) is 29.3 Å². The molecule has 1 aromatic heterocycles. The third-order valence-electron chi connectivity index (χ3n) is 4.15. The molecule has 3 rings (SSSR count). The summed E-state index contributed by atoms with van der Waals surface area (Å²) in [5.41, 5.74) is 8.24. The van der Waals surface area contributed by atoms with Gasteiger partial charge in [0.15, 0.2) is 0 Å². The molecule has 0 aliphatic heterocycles. The Hall–Kier alpha value is -3.61. The molecule has 0 radical (unpaired) electrons. The van der Waals surface area contributed by atoms with E-state index in [1.54, 1.807) is 24.3 Å². The lowest BCUT2D eigenvalue weighted by Crippen LogP contribution is -2.33. The fourth-order valence-electron chi connectivity index (χ4n) is 2.76. The van der Waals surface area contributed by atoms with Crippen LogP contribution in [0, 0.1) is 0 Å². The maximum absolute atomic E-state index is 12.2. The predicted molar refractivity (Wildman–Crippen MR) is 102 cm³/mol. The molecule has 0 fully saturated rings. The number of hydrogen-bond donors (Lipinski definition) is 4. The van der Waals surface area contributed by atoms with E-state index in [4.69, 9.17) is 5.73 Å². The van der Waals surface area contributed by atoms with Crippen LogP contribution in [0.5, 0.6) is 0 Å². The fraction of sp³-hybridized carbons (Fsp3) is 0.150. The molecule has 0 unspecified atom stereocenters. The molecule has 0 spiro atoms. The summed E-state index contributed by atoms with van der Waals surface area (Å²) >= 11 is 0. The Morgan fingerprint density at radius 3 is 2.44 bits per heavy atom. The average molecular weight is 364 g/mol. The molecule has 0 saturated carbocycles. The topological polar surface area (TPSA) is 117 Å². The van der Waals surface area contributed by atoms with Gasteiger partial charge in [-0.25, -0.2) is 0 Å². The van der Waals surface area contributed by atoms with Crippen molar-refractivity contribution in [1.82, 2.24) is 15.6 Å². The number of H-pyrrole nitrogens is 1. The van der Waals surface area contributed by atoms with Crippen LogP contribution in [0.25, 0.3) is 10.9 Å². The third kappa shape index (κ3) is 4.72. The molecule has 0 saturated heterocycles. The van der Waals surface area contributed by atoms with Crippen molar-refractivity contribution in [2.45, 2.75) is 13.0 Å². The lowest BCUT2D eigenvalue weighted by molar-refractivity contribution is -0.120. The van der Waals surface area contributed by atoms with E-state index in [0.29, 0.717) is 12.1 Å². The van der Waals surface area contributed by atoms with E-state index in [1.165, 1.54) is 0 Å². The minimum Gasteiger partial charge on any atom is -0.368 e. The molecule has 3 aromatic rings. The zero-order valence-corrected chi connectivity index (χ0v) is 14.6. The lowest BCUT2D eigenvalue weighted by Gasteiger charge is -2.07. The number of nitrogens with two attached hydrogens (primary N) is 1. The highest BCUT2D eigenvalue weighted by atomic mass is 16.2. The van der Waals surface area contributed by atoms with E-state index < -0.39 is 5.91 Å². The van der Waals surface area contributed by atoms with Crippen LogP contribution in [0.15, 0.2) is 54.7 Å². The molecule has 0 aliphatic carbocycles. The van der Waals surface area contributed by atoms with Crippen molar-refractivity contribution >= 4 is 28.6 Å². The average Bonchev–Trinajstić information content (AvgIpc) is 3.08. The molecule has 27 heavy (non-hydrogen) atoms. The number of fused-ring (bicyclic) bond motifs is 1. The zero-order chi connectivity index (χ0) is 19.2. The molecule has 0 atom stereocenters. The van der Waals surface area contributed by atoms with Gasteiger partial charge in [0, 0.05) is 29.2 Å². The Morgan fingerprint density at radius 1 is 0.963 bits per heavy atom. The van der Waals surface area contributed by atoms with Crippen molar-refractivity contribution in [1.29, 1.82) is 0 Å². The first-order valence-corrected chi connectivity index (χ1v) is 8.50. The van der Waals surface area contributed by atoms with Crippen molar-refractivity contribution < 1.29 is 14.4 Å². The molecule has 2 aromatic carbocycles. The van der Waals surface area contributed by atoms with Crippen molar-refractivity contribution in [3.63, 3.8) is 0 Å². The highest BCUT2D eigenvalue weighted by molar-refractivity contribution is 5.96. The van der Waals surface area contributed by atoms with Gasteiger partial charge in [0.25, 0.3) is 5.91 Å². The first-order valence-electron chi connectivity index (χ1n) is 8.50. The second-order valence-corrected chi connectivity index (χ2v) is 6.16. The highest BCUT2D eigenvalue weighted by Gasteiger charge is 2.09. The fourth-order valence-corrected chi connectivity index (χ4v) is 2.76. The van der Waals surface area contributed by atoms with Crippen molar-refractivity contribution in [3.8, 4) is 0 Å². The lowest BCUT2D eigenvalue weighted by atomic mass is 10.1. The van der Waals surface area contributed by atoms with Crippen molar-refractivity contribution in [2.24, 2.45) is 5.73 Å². The van der Waals surface area contributed by atoms with Gasteiger partial charge < -0.3 is 21.4 Å². The number of aromatic amines is 1. The molecule has 3 amide bonds. The monoisotopic (exact) mass is 364 g/mol. The Morgan fingerprint density at radius 2 is 1.70 bits per heavy atom. The van der Waals surface area contributed by atoms with Crippen LogP contribution in [-0.2, 0) is 22.6 Å². The van der Waals surface area contributed by atoms with Crippen LogP contribution < -0.4 is 16.4 Å². The molecule has 0 bridgehead atoms. The SMILES string of the molecule is NC(=O)CNC(=O)c1ccc(CNC(=O)Cc2c[nH]c3ccccc23)cc1. The molecule has 0 aliphatic rings. The largest absolute Gasteiger partial charge is 0.368 e. The number of amides is 3. The summed E-state index contributed by atoms with van der Waals surface area (Å²) in [6.45, 7) is 0.162. The third-order valence-corrected chi connectivity index (χ3v) is 4.15. The Labute approximate surface area is 155 Å². The van der Waals surface area contributed by atoms with Gasteiger partial charge in [-0.1, -0.05) is 30.3 Å². The van der Waals surface area contributed by atoms with E-state index in [9.17, 15) is 14.4 Å². The summed E-state index contributed by atoms with van der Waals surface area (Å²) in [6.07, 6.45) is 2.14. The number of aromatic nitrogens is 1. The molecular weight excluding hydrogens is 344 g/mol. The van der Waals surface area contributed by atoms with Crippen LogP contribution in [0.1, 0.15) is 21.5 Å². The predicted octanol–water partition coefficient (Wildman–Crippen LogP) is 1.24. The van der Waals surface area contributed by atoms with Gasteiger partial charge in [-0.2, -0.15) is 0 Å². The number of primary amides is 1. The summed E-state index contributed by atoms with van der Waals surface area (Å²) in [5, 5.41) is 6.34. The number of hydrogen-bond acceptors (Lipinski definition) is 3. The first kappa shape index (κ1) is 18.2. The van der Waals surface area contributed by atoms with Crippen LogP contribution in [0.4, 0.5) is 0 Å². The minimum absolute atomic E-state index is 0.0805. The van der Waals surface area contributed by atoms with E-state index in [0.717, 1.165) is 22.0 Å². The van der Waals surface area contributed by atoms with E-state index in [-0.39, 0.29) is 24.8 Å². The van der Waals surface area contributed by atoms with Crippen LogP contribution in [0.3, 0.4) is 0 Å². The number of benzene rings is 2. The second-order valence-electron chi connectivity index (χ2n) is 6.16. The van der Waals surface area contributed by atoms with Crippen LogP contribution in [-0.4, -0.2) is 29.3 Å². The van der Waals surface area contributed by atoms with Gasteiger partial charge in [-0.3, -0.25) is 14.4 Å². The number of carbonyl (C=O) groups excluding carboxylic acids is 3. The molecule has 7 heteroatoms. The smallest absolute Gasteiger partial charge is 0.251 e. The standard InChI is InChI=1S/C20H20N4O3/c21-18(25)12-24-20(27)14-7-5-13(6-8-14)10-23-19(26)9-15-11-22-17-4-2-1-3-16(15)17/h1-8,11,22H,9-10,12H2,(H2,21,25)(H,23,26)(H,24,27). The van der Waals surface area contributed by atoms with Crippen LogP contribution in [0.2, 0.25) is 0 Å². The Kier molecular flexibility index (Phi) is 5.51. The van der Waals surface area contributed by atoms with Gasteiger partial charge >= 0.3 is 0 Å².